The van der Waals surface area contributed by atoms with Crippen LogP contribution in [0.3, 0.4) is 0 Å². The molecule has 2 aromatic rings. The number of Topliss-reactive ketones (excluding diaryl/α,β-unsaturated/α-hetero) is 1. The first-order valence-electron chi connectivity index (χ1n) is 39.7. The number of fused-ring (bicyclic) bond motifs is 7. The van der Waals surface area contributed by atoms with E-state index in [-0.39, 0.29) is 86.6 Å². The Balaban J connectivity index is 0.740. The summed E-state index contributed by atoms with van der Waals surface area (Å²) in [6, 6.07) is 7.24. The summed E-state index contributed by atoms with van der Waals surface area (Å²) >= 11 is 0. The molecule has 0 spiro atoms. The number of allylic oxidation sites excluding steroid dienone is 4. The molecule has 0 unspecified atom stereocenters. The number of aliphatic hydroxyl groups excluding tert-OH is 2. The van der Waals surface area contributed by atoms with Gasteiger partial charge in [-0.25, -0.2) is 18.1 Å². The van der Waals surface area contributed by atoms with Crippen molar-refractivity contribution in [2.75, 3.05) is 161 Å². The molecule has 123 heavy (non-hydrogen) atoms. The molecule has 6 aliphatic rings. The summed E-state index contributed by atoms with van der Waals surface area (Å²) in [5, 5.41) is 28.9. The fourth-order valence-electron chi connectivity index (χ4n) is 16.2. The lowest BCUT2D eigenvalue weighted by molar-refractivity contribution is -0.235. The number of rotatable bonds is 39. The van der Waals surface area contributed by atoms with Gasteiger partial charge in [0.25, 0.3) is 11.8 Å². The molecule has 0 radical (unpaired) electrons. The number of ether oxygens (including phenoxy) is 4. The molecule has 2 heterocycles. The molecule has 12 atom stereocenters. The van der Waals surface area contributed by atoms with Crippen LogP contribution in [-0.2, 0) is 102 Å². The largest absolute Gasteiger partial charge is 0.511 e. The molecule has 4 fully saturated rings. The lowest BCUT2D eigenvalue weighted by Crippen LogP contribution is -2.70. The third-order valence-electron chi connectivity index (χ3n) is 23.6. The van der Waals surface area contributed by atoms with E-state index >= 15 is 8.78 Å². The summed E-state index contributed by atoms with van der Waals surface area (Å²) in [5.74, 6) is -13.7. The highest BCUT2D eigenvalue weighted by atomic mass is 19.1. The fraction of sp³-hybridized carbons (Fsp3) is 0.554. The average molecular weight is 1730 g/mol. The normalized spacial score (nSPS) is 23.1. The van der Waals surface area contributed by atoms with Crippen molar-refractivity contribution in [2.45, 2.75) is 121 Å². The van der Waals surface area contributed by atoms with Crippen molar-refractivity contribution in [3.63, 3.8) is 0 Å². The third-order valence-corrected chi connectivity index (χ3v) is 23.6. The zero-order valence-electron chi connectivity index (χ0n) is 71.4. The monoisotopic (exact) mass is 1730 g/mol. The number of hydrogen-bond donors (Lipinski definition) is 5. The molecule has 0 bridgehead atoms. The van der Waals surface area contributed by atoms with Crippen LogP contribution in [0.1, 0.15) is 83.6 Å². The van der Waals surface area contributed by atoms with Crippen LogP contribution in [0.15, 0.2) is 90.8 Å². The minimum Gasteiger partial charge on any atom is -0.511 e. The topological polar surface area (TPSA) is 439 Å². The van der Waals surface area contributed by atoms with Crippen LogP contribution in [0, 0.1) is 28.5 Å². The Morgan fingerprint density at radius 1 is 0.610 bits per heavy atom. The first-order valence-corrected chi connectivity index (χ1v) is 39.7. The minimum atomic E-state index is -2.49. The molecular formula is C83H109F3N14O23. The second kappa shape index (κ2) is 40.5. The average Bonchev–Trinajstić information content (AvgIpc) is 1.59. The number of carbonyl (C=O) groups excluding carboxylic acids is 17. The lowest BCUT2D eigenvalue weighted by Gasteiger charge is -2.63. The molecule has 0 aromatic heterocycles. The number of imide groups is 1. The number of anilines is 1. The number of hydrogen-bond acceptors (Lipinski definition) is 23. The second-order valence-electron chi connectivity index (χ2n) is 32.6. The van der Waals surface area contributed by atoms with E-state index in [2.05, 4.69) is 22.5 Å². The van der Waals surface area contributed by atoms with E-state index < -0.39 is 249 Å². The lowest BCUT2D eigenvalue weighted by atomic mass is 9.44. The predicted molar refractivity (Wildman–Crippen MR) is 430 cm³/mol. The smallest absolute Gasteiger partial charge is 0.258 e. The maximum absolute atomic E-state index is 18.1. The Bertz CT molecular complexity index is 4590. The molecule has 37 nitrogen and oxygen atoms in total. The van der Waals surface area contributed by atoms with E-state index in [4.69, 9.17) is 18.9 Å². The fourth-order valence-corrected chi connectivity index (χ4v) is 16.2. The van der Waals surface area contributed by atoms with E-state index in [1.165, 1.54) is 134 Å². The van der Waals surface area contributed by atoms with Gasteiger partial charge in [-0.05, 0) is 100 Å². The standard InChI is InChI=1S/C83H109F3N14O23/c1-48(101)36-90(6)68(109)38-92(8)70(111)40-94(10)72(113)42-96(12)74(115)44-98(14)76(117)45-99(15)75(116)43-97(13)73(114)41-95(11)71(112)39-93(9)69(110)37-91(7)65(106)20-17-29-121-60-31-54(100-66(107)25-26-67(100)108)23-21-51(60)22-24-64(105)88-50(3)78(119)89-49(2)77(118)87-47-120-46-62(104)83-63(122-79(123-83)52-18-16-19-53(84)30-52)34-56-57-33-59(85)58-32-55(102)27-28-80(58,4)82(57,86)61(103)35-81(56,83)5/h16,18-19,21,23,25-28,30-32,49-50,56-57,59,61,63,79,101,103H,1,17,20,22,24,29,33-47H2,2-15H3,(H,87,118)(H,88,105)(H,89,119)/t49-,50-,56-,57-,59-,61-,63+,79+,80-,81-,82-,83+/m0/s1. The number of likely N-dealkylation sites (N-methyl/N-ethyl adjacent to an activating group) is 10. The molecule has 670 valence electrons. The van der Waals surface area contributed by atoms with E-state index in [1.54, 1.807) is 6.92 Å². The Morgan fingerprint density at radius 3 is 1.56 bits per heavy atom. The Morgan fingerprint density at radius 2 is 1.08 bits per heavy atom. The minimum absolute atomic E-state index is 0.0219. The Kier molecular flexibility index (Phi) is 31.8. The van der Waals surface area contributed by atoms with Gasteiger partial charge in [-0.15, -0.1) is 0 Å². The molecule has 40 heteroatoms. The quantitative estimate of drug-likeness (QED) is 0.0243. The van der Waals surface area contributed by atoms with Gasteiger partial charge in [0.2, 0.25) is 76.8 Å². The zero-order chi connectivity index (χ0) is 91.4. The van der Waals surface area contributed by atoms with Crippen LogP contribution in [0.4, 0.5) is 18.9 Å². The maximum Gasteiger partial charge on any atom is 0.258 e. The molecule has 2 aliphatic heterocycles. The van der Waals surface area contributed by atoms with E-state index in [0.717, 1.165) is 84.3 Å². The molecule has 2 aromatic carbocycles. The van der Waals surface area contributed by atoms with Gasteiger partial charge >= 0.3 is 0 Å². The van der Waals surface area contributed by atoms with Gasteiger partial charge in [-0.3, -0.25) is 81.5 Å². The predicted octanol–water partition coefficient (Wildman–Crippen LogP) is -0.547. The molecular weight excluding hydrogens is 1620 g/mol. The number of alkyl halides is 2. The number of halogens is 3. The highest BCUT2D eigenvalue weighted by Gasteiger charge is 2.80. The number of carbonyl (C=O) groups is 17. The van der Waals surface area contributed by atoms with Crippen molar-refractivity contribution in [3.8, 4) is 5.75 Å². The number of nitrogens with one attached hydrogen (secondary N) is 3. The molecule has 1 saturated heterocycles. The van der Waals surface area contributed by atoms with Gasteiger partial charge in [-0.2, -0.15) is 0 Å². The summed E-state index contributed by atoms with van der Waals surface area (Å²) in [6.45, 7) is 3.21. The molecule has 5 N–H and O–H groups in total. The van der Waals surface area contributed by atoms with Crippen molar-refractivity contribution in [3.05, 3.63) is 108 Å². The van der Waals surface area contributed by atoms with Crippen molar-refractivity contribution >= 4 is 106 Å². The number of amides is 15. The summed E-state index contributed by atoms with van der Waals surface area (Å²) in [6.07, 6.45) is -1.55. The van der Waals surface area contributed by atoms with Crippen molar-refractivity contribution in [1.82, 2.24) is 64.9 Å². The van der Waals surface area contributed by atoms with Crippen LogP contribution in [0.2, 0.25) is 0 Å². The first kappa shape index (κ1) is 96.7. The van der Waals surface area contributed by atoms with E-state index in [0.29, 0.717) is 5.56 Å². The number of aryl methyl sites for hydroxylation is 1. The first-order chi connectivity index (χ1) is 57.6. The van der Waals surface area contributed by atoms with Crippen LogP contribution >= 0.6 is 0 Å². The van der Waals surface area contributed by atoms with Gasteiger partial charge in [-0.1, -0.05) is 37.8 Å². The number of nitrogens with zero attached hydrogens (tertiary/aromatic N) is 11. The Hall–Kier alpha value is -11.8. The van der Waals surface area contributed by atoms with Crippen LogP contribution in [0.5, 0.6) is 5.75 Å². The van der Waals surface area contributed by atoms with Crippen molar-refractivity contribution < 1.29 is 124 Å². The zero-order valence-corrected chi connectivity index (χ0v) is 71.4. The summed E-state index contributed by atoms with van der Waals surface area (Å²) in [7, 11) is 13.2. The van der Waals surface area contributed by atoms with Gasteiger partial charge in [0.1, 0.15) is 48.9 Å². The van der Waals surface area contributed by atoms with Gasteiger partial charge in [0.05, 0.1) is 89.9 Å². The highest BCUT2D eigenvalue weighted by molar-refractivity contribution is 6.28. The third kappa shape index (κ3) is 22.2. The molecule has 3 saturated carbocycles. The number of ketones is 2. The van der Waals surface area contributed by atoms with E-state index in [1.807, 2.05) is 0 Å². The van der Waals surface area contributed by atoms with Crippen LogP contribution < -0.4 is 25.6 Å². The molecule has 8 rings (SSSR count). The SMILES string of the molecule is C=C(O)CN(C)C(=O)CN(C)C(=O)CN(C)C(=O)CN(C)C(=O)CN(C)C(=O)CN(C)C(=O)CN(C)C(=O)CN(C)C(=O)CN(C)C(=O)CN(C)C(=O)CCCOc1cc(N2C(=O)C=CC2=O)ccc1CCC(=O)N[C@@H](C)C(=O)N[C@@H](C)C(=O)NCOCC(=O)[C@@]12O[C@H](c3cccc(F)c3)O[C@@H]1C[C@H]1[C@@H]3C[C@H](F)C4=CC(=O)C=C[C@]4(C)[C@@]3(F)[C@@H](O)C[C@@]12C. The van der Waals surface area contributed by atoms with Gasteiger partial charge in [0.15, 0.2) is 29.1 Å². The summed E-state index contributed by atoms with van der Waals surface area (Å²) < 4.78 is 73.8. The number of benzene rings is 2. The molecule has 4 aliphatic carbocycles. The summed E-state index contributed by atoms with van der Waals surface area (Å²) in [5.41, 5.74) is -6.97. The van der Waals surface area contributed by atoms with Crippen molar-refractivity contribution in [1.29, 1.82) is 0 Å². The van der Waals surface area contributed by atoms with Gasteiger partial charge in [0, 0.05) is 124 Å². The van der Waals surface area contributed by atoms with E-state index in [9.17, 15) is 96.1 Å². The number of aliphatic hydroxyl groups is 2. The van der Waals surface area contributed by atoms with Gasteiger partial charge < -0.3 is 94.1 Å². The van der Waals surface area contributed by atoms with Crippen molar-refractivity contribution in [2.24, 2.45) is 22.7 Å². The summed E-state index contributed by atoms with van der Waals surface area (Å²) in [4.78, 5) is 235. The van der Waals surface area contributed by atoms with Crippen LogP contribution in [-0.4, -0.2) is 357 Å². The maximum atomic E-state index is 18.1. The van der Waals surface area contributed by atoms with Crippen LogP contribution in [0.25, 0.3) is 0 Å². The Labute approximate surface area is 709 Å². The second-order valence-corrected chi connectivity index (χ2v) is 32.6. The highest BCUT2D eigenvalue weighted by Crippen LogP contribution is 2.73. The molecule has 15 amide bonds.